The Morgan fingerprint density at radius 1 is 0.707 bits per heavy atom. The second-order valence-electron chi connectivity index (χ2n) is 15.7. The maximum absolute atomic E-state index is 13.6. The highest BCUT2D eigenvalue weighted by molar-refractivity contribution is 5.92. The summed E-state index contributed by atoms with van der Waals surface area (Å²) >= 11 is 0. The van der Waals surface area contributed by atoms with Crippen LogP contribution in [0.25, 0.3) is 44.1 Å². The highest BCUT2D eigenvalue weighted by Gasteiger charge is 2.39. The number of benzene rings is 3. The van der Waals surface area contributed by atoms with E-state index in [1.54, 1.807) is 16.0 Å². The van der Waals surface area contributed by atoms with Gasteiger partial charge >= 0.3 is 12.2 Å². The van der Waals surface area contributed by atoms with Gasteiger partial charge in [0.15, 0.2) is 0 Å². The van der Waals surface area contributed by atoms with Gasteiger partial charge in [-0.3, -0.25) is 14.4 Å². The van der Waals surface area contributed by atoms with Crippen LogP contribution in [0.2, 0.25) is 0 Å². The lowest BCUT2D eigenvalue weighted by molar-refractivity contribution is -0.136. The van der Waals surface area contributed by atoms with Crippen LogP contribution in [0.5, 0.6) is 0 Å². The third-order valence-electron chi connectivity index (χ3n) is 11.3. The normalized spacial score (nSPS) is 17.9. The van der Waals surface area contributed by atoms with Crippen LogP contribution in [0.15, 0.2) is 65.6 Å². The Labute approximate surface area is 335 Å². The lowest BCUT2D eigenvalue weighted by Gasteiger charge is -2.30. The zero-order chi connectivity index (χ0) is 41.2. The first-order chi connectivity index (χ1) is 27.9. The predicted molar refractivity (Wildman–Crippen MR) is 219 cm³/mol. The van der Waals surface area contributed by atoms with Crippen LogP contribution in [-0.2, 0) is 19.1 Å². The number of methoxy groups -OCH3 is 2. The summed E-state index contributed by atoms with van der Waals surface area (Å²) in [4.78, 5) is 84.1. The molecule has 2 fully saturated rings. The summed E-state index contributed by atoms with van der Waals surface area (Å²) in [5, 5.41) is 7.82. The van der Waals surface area contributed by atoms with Gasteiger partial charge in [-0.2, -0.15) is 0 Å². The number of hydrogen-bond acceptors (Lipinski definition) is 9. The fraction of sp³-hybridized carbons (Fsp3) is 0.419. The second kappa shape index (κ2) is 16.7. The molecule has 58 heavy (non-hydrogen) atoms. The zero-order valence-corrected chi connectivity index (χ0v) is 33.6. The number of nitrogens with one attached hydrogen (secondary N) is 4. The summed E-state index contributed by atoms with van der Waals surface area (Å²) in [5.41, 5.74) is 3.82. The summed E-state index contributed by atoms with van der Waals surface area (Å²) in [6.07, 6.45) is 3.45. The van der Waals surface area contributed by atoms with Gasteiger partial charge in [0.25, 0.3) is 5.56 Å². The van der Waals surface area contributed by atoms with Crippen molar-refractivity contribution >= 4 is 45.7 Å². The summed E-state index contributed by atoms with van der Waals surface area (Å²) in [6.45, 7) is 8.56. The first kappa shape index (κ1) is 40.0. The predicted octanol–water partition coefficient (Wildman–Crippen LogP) is 6.22. The maximum Gasteiger partial charge on any atom is 0.407 e. The number of aromatic nitrogens is 4. The molecule has 5 aromatic rings. The fourth-order valence-electron chi connectivity index (χ4n) is 8.13. The minimum absolute atomic E-state index is 0.121. The third-order valence-corrected chi connectivity index (χ3v) is 11.3. The van der Waals surface area contributed by atoms with Gasteiger partial charge in [0.05, 0.1) is 49.1 Å². The SMILES string of the molecule is COC(=O)N[C@H](C(=O)N1CCC[C@@H]1c1nc2ccc(-c3ccc4cc(-c5cnc([C@@H]6CCCN6C(=O)[C@H](NC(=O)OC)C(C)C)[nH]5)ccc4c3)cc2c(=O)[nH]1)C(C)C. The van der Waals surface area contributed by atoms with Crippen LogP contribution in [0, 0.1) is 11.8 Å². The van der Waals surface area contributed by atoms with Crippen molar-refractivity contribution in [3.63, 3.8) is 0 Å². The Hall–Kier alpha value is -6.25. The number of carbonyl (C=O) groups excluding carboxylic acids is 4. The molecule has 7 rings (SSSR count). The molecule has 2 aromatic heterocycles. The average molecular weight is 791 g/mol. The molecule has 0 bridgehead atoms. The molecule has 0 saturated carbocycles. The molecule has 2 aliphatic rings. The monoisotopic (exact) mass is 790 g/mol. The molecule has 4 N–H and O–H groups in total. The summed E-state index contributed by atoms with van der Waals surface area (Å²) in [7, 11) is 2.54. The first-order valence-corrected chi connectivity index (χ1v) is 19.8. The van der Waals surface area contributed by atoms with Gasteiger partial charge in [-0.15, -0.1) is 0 Å². The quantitative estimate of drug-likeness (QED) is 0.127. The van der Waals surface area contributed by atoms with Gasteiger partial charge in [0.1, 0.15) is 23.7 Å². The summed E-state index contributed by atoms with van der Waals surface area (Å²) < 4.78 is 9.50. The standard InChI is InChI=1S/C43H50N8O7/c1-23(2)35(47-42(55)57-5)40(53)50-17-7-9-33(50)37-44-22-32(46-37)29-14-13-25-19-26(11-12-27(25)20-29)28-15-16-31-30(21-28)39(52)49-38(45-31)34-10-8-18-51(34)41(54)36(24(3)4)48-43(56)58-6/h11-16,19-24,33-36H,7-10,17-18H2,1-6H3,(H,44,46)(H,47,55)(H,48,56)(H,45,49,52)/t33-,34+,35+,36-/m0/s1. The van der Waals surface area contributed by atoms with Crippen LogP contribution in [0.3, 0.4) is 0 Å². The van der Waals surface area contributed by atoms with E-state index in [1.807, 2.05) is 70.2 Å². The van der Waals surface area contributed by atoms with Crippen molar-refractivity contribution in [3.05, 3.63) is 82.8 Å². The molecule has 3 aromatic carbocycles. The largest absolute Gasteiger partial charge is 0.453 e. The lowest BCUT2D eigenvalue weighted by atomic mass is 9.98. The molecule has 0 spiro atoms. The molecule has 304 valence electrons. The Balaban J connectivity index is 1.08. The molecule has 2 aliphatic heterocycles. The molecule has 15 nitrogen and oxygen atoms in total. The van der Waals surface area contributed by atoms with E-state index in [9.17, 15) is 24.0 Å². The number of carbonyl (C=O) groups is 4. The Bertz CT molecular complexity index is 2420. The van der Waals surface area contributed by atoms with E-state index in [-0.39, 0.29) is 35.3 Å². The number of hydrogen-bond donors (Lipinski definition) is 4. The molecule has 0 aliphatic carbocycles. The van der Waals surface area contributed by atoms with Crippen molar-refractivity contribution in [3.8, 4) is 22.4 Å². The number of H-pyrrole nitrogens is 2. The van der Waals surface area contributed by atoms with E-state index in [0.717, 1.165) is 52.4 Å². The van der Waals surface area contributed by atoms with Crippen LogP contribution >= 0.6 is 0 Å². The van der Waals surface area contributed by atoms with E-state index >= 15 is 0 Å². The minimum Gasteiger partial charge on any atom is -0.453 e. The Kier molecular flexibility index (Phi) is 11.5. The molecule has 4 heterocycles. The summed E-state index contributed by atoms with van der Waals surface area (Å²) in [5.74, 6) is 0.429. The topological polar surface area (TPSA) is 192 Å². The van der Waals surface area contributed by atoms with E-state index in [1.165, 1.54) is 14.2 Å². The number of fused-ring (bicyclic) bond motifs is 2. The van der Waals surface area contributed by atoms with Crippen molar-refractivity contribution in [2.75, 3.05) is 27.3 Å². The van der Waals surface area contributed by atoms with E-state index in [4.69, 9.17) is 14.5 Å². The van der Waals surface area contributed by atoms with Gasteiger partial charge in [-0.05, 0) is 83.7 Å². The zero-order valence-electron chi connectivity index (χ0n) is 33.6. The highest BCUT2D eigenvalue weighted by Crippen LogP contribution is 2.35. The molecular formula is C43H50N8O7. The number of aromatic amines is 2. The molecule has 0 radical (unpaired) electrons. The lowest BCUT2D eigenvalue weighted by Crippen LogP contribution is -2.51. The third kappa shape index (κ3) is 7.98. The van der Waals surface area contributed by atoms with Gasteiger partial charge in [-0.1, -0.05) is 58.0 Å². The number of amides is 4. The van der Waals surface area contributed by atoms with Crippen LogP contribution < -0.4 is 16.2 Å². The molecule has 4 amide bonds. The van der Waals surface area contributed by atoms with Crippen molar-refractivity contribution in [1.29, 1.82) is 0 Å². The Morgan fingerprint density at radius 2 is 1.22 bits per heavy atom. The molecule has 15 heteroatoms. The fourth-order valence-corrected chi connectivity index (χ4v) is 8.13. The second-order valence-corrected chi connectivity index (χ2v) is 15.7. The van der Waals surface area contributed by atoms with Crippen molar-refractivity contribution in [2.24, 2.45) is 11.8 Å². The van der Waals surface area contributed by atoms with E-state index in [0.29, 0.717) is 42.1 Å². The smallest absolute Gasteiger partial charge is 0.407 e. The van der Waals surface area contributed by atoms with Crippen molar-refractivity contribution in [2.45, 2.75) is 77.5 Å². The highest BCUT2D eigenvalue weighted by atomic mass is 16.5. The molecular weight excluding hydrogens is 741 g/mol. The minimum atomic E-state index is -0.774. The Morgan fingerprint density at radius 3 is 1.79 bits per heavy atom. The van der Waals surface area contributed by atoms with Gasteiger partial charge in [0.2, 0.25) is 11.8 Å². The number of ether oxygens (including phenoxy) is 2. The number of alkyl carbamates (subject to hydrolysis) is 2. The molecule has 2 saturated heterocycles. The van der Waals surface area contributed by atoms with Crippen LogP contribution in [-0.4, -0.2) is 93.1 Å². The van der Waals surface area contributed by atoms with Gasteiger partial charge in [-0.25, -0.2) is 19.6 Å². The maximum atomic E-state index is 13.6. The van der Waals surface area contributed by atoms with Crippen molar-refractivity contribution < 1.29 is 28.7 Å². The van der Waals surface area contributed by atoms with Crippen LogP contribution in [0.1, 0.15) is 77.1 Å². The number of imidazole rings is 1. The molecule has 4 atom stereocenters. The first-order valence-electron chi connectivity index (χ1n) is 19.8. The molecule has 0 unspecified atom stereocenters. The average Bonchev–Trinajstić information content (AvgIpc) is 4.02. The number of nitrogens with zero attached hydrogens (tertiary/aromatic N) is 4. The van der Waals surface area contributed by atoms with E-state index in [2.05, 4.69) is 37.7 Å². The van der Waals surface area contributed by atoms with Gasteiger partial charge < -0.3 is 39.9 Å². The van der Waals surface area contributed by atoms with Crippen molar-refractivity contribution in [1.82, 2.24) is 40.4 Å². The number of rotatable bonds is 10. The van der Waals surface area contributed by atoms with E-state index < -0.39 is 30.3 Å². The van der Waals surface area contributed by atoms with Crippen LogP contribution in [0.4, 0.5) is 9.59 Å². The summed E-state index contributed by atoms with van der Waals surface area (Å²) in [6, 6.07) is 15.8. The van der Waals surface area contributed by atoms with Gasteiger partial charge in [0, 0.05) is 18.7 Å². The number of likely N-dealkylation sites (tertiary alicyclic amines) is 2.